The van der Waals surface area contributed by atoms with Crippen LogP contribution in [0.5, 0.6) is 0 Å². The molecule has 0 aliphatic carbocycles. The molecular formula is C26H27N5O2. The van der Waals surface area contributed by atoms with Crippen molar-refractivity contribution in [3.63, 3.8) is 0 Å². The van der Waals surface area contributed by atoms with Gasteiger partial charge < -0.3 is 4.57 Å². The SMILES string of the molecule is Cc1c(C)n2c3c(=O)n(CCc4ccccc4)c(=O)n(C)c3nc2n1CCc1ccccc1. The van der Waals surface area contributed by atoms with Gasteiger partial charge in [0.2, 0.25) is 5.78 Å². The maximum atomic E-state index is 13.5. The zero-order valence-electron chi connectivity index (χ0n) is 19.2. The summed E-state index contributed by atoms with van der Waals surface area (Å²) < 4.78 is 6.88. The van der Waals surface area contributed by atoms with Crippen LogP contribution in [0.4, 0.5) is 0 Å². The largest absolute Gasteiger partial charge is 0.332 e. The van der Waals surface area contributed by atoms with Gasteiger partial charge in [-0.15, -0.1) is 0 Å². The van der Waals surface area contributed by atoms with E-state index in [0.717, 1.165) is 29.9 Å². The molecule has 0 unspecified atom stereocenters. The summed E-state index contributed by atoms with van der Waals surface area (Å²) >= 11 is 0. The van der Waals surface area contributed by atoms with Crippen molar-refractivity contribution in [1.82, 2.24) is 23.1 Å². The highest BCUT2D eigenvalue weighted by Crippen LogP contribution is 2.21. The van der Waals surface area contributed by atoms with Crippen molar-refractivity contribution in [3.05, 3.63) is 104 Å². The van der Waals surface area contributed by atoms with E-state index in [9.17, 15) is 9.59 Å². The Morgan fingerprint density at radius 1 is 0.758 bits per heavy atom. The van der Waals surface area contributed by atoms with Crippen molar-refractivity contribution in [2.45, 2.75) is 39.8 Å². The molecule has 0 N–H and O–H groups in total. The number of imidazole rings is 2. The van der Waals surface area contributed by atoms with Crippen LogP contribution in [0.1, 0.15) is 22.5 Å². The monoisotopic (exact) mass is 441 g/mol. The molecule has 0 aliphatic rings. The van der Waals surface area contributed by atoms with Gasteiger partial charge in [-0.2, -0.15) is 4.98 Å². The van der Waals surface area contributed by atoms with Crippen LogP contribution in [-0.4, -0.2) is 23.1 Å². The van der Waals surface area contributed by atoms with E-state index in [-0.39, 0.29) is 11.2 Å². The number of rotatable bonds is 6. The molecule has 0 saturated heterocycles. The summed E-state index contributed by atoms with van der Waals surface area (Å²) in [5, 5.41) is 0. The second kappa shape index (κ2) is 8.24. The molecule has 0 saturated carbocycles. The Bertz CT molecular complexity index is 1570. The van der Waals surface area contributed by atoms with Gasteiger partial charge >= 0.3 is 5.69 Å². The molecule has 5 aromatic rings. The highest BCUT2D eigenvalue weighted by atomic mass is 16.2. The molecule has 0 amide bonds. The van der Waals surface area contributed by atoms with Crippen molar-refractivity contribution in [3.8, 4) is 0 Å². The topological polar surface area (TPSA) is 66.2 Å². The van der Waals surface area contributed by atoms with Crippen molar-refractivity contribution in [2.75, 3.05) is 0 Å². The van der Waals surface area contributed by atoms with E-state index < -0.39 is 0 Å². The number of hydrogen-bond donors (Lipinski definition) is 0. The molecule has 3 heterocycles. The van der Waals surface area contributed by atoms with Crippen LogP contribution < -0.4 is 11.2 Å². The van der Waals surface area contributed by atoms with Gasteiger partial charge in [0.15, 0.2) is 11.2 Å². The van der Waals surface area contributed by atoms with Crippen molar-refractivity contribution in [1.29, 1.82) is 0 Å². The molecule has 3 aromatic heterocycles. The fourth-order valence-electron chi connectivity index (χ4n) is 4.55. The highest BCUT2D eigenvalue weighted by Gasteiger charge is 2.22. The second-order valence-corrected chi connectivity index (χ2v) is 8.51. The van der Waals surface area contributed by atoms with Gasteiger partial charge in [0.05, 0.1) is 0 Å². The van der Waals surface area contributed by atoms with Crippen molar-refractivity contribution in [2.24, 2.45) is 7.05 Å². The van der Waals surface area contributed by atoms with Gasteiger partial charge in [-0.05, 0) is 37.8 Å². The zero-order chi connectivity index (χ0) is 23.1. The normalized spacial score (nSPS) is 11.6. The maximum Gasteiger partial charge on any atom is 0.332 e. The Labute approximate surface area is 191 Å². The molecule has 168 valence electrons. The predicted octanol–water partition coefficient (Wildman–Crippen LogP) is 3.25. The number of aryl methyl sites for hydroxylation is 5. The van der Waals surface area contributed by atoms with E-state index in [0.29, 0.717) is 29.9 Å². The molecule has 0 aliphatic heterocycles. The Hall–Kier alpha value is -3.87. The summed E-state index contributed by atoms with van der Waals surface area (Å²) in [5.41, 5.74) is 4.61. The number of fused-ring (bicyclic) bond motifs is 3. The molecule has 0 spiro atoms. The molecule has 0 fully saturated rings. The van der Waals surface area contributed by atoms with Crippen LogP contribution in [0.15, 0.2) is 70.3 Å². The number of hydrogen-bond acceptors (Lipinski definition) is 3. The standard InChI is InChI=1S/C26H27N5O2/c1-18-19(2)31-22-23(27-25(31)29(18)16-14-20-10-6-4-7-11-20)28(3)26(33)30(24(22)32)17-15-21-12-8-5-9-13-21/h4-13H,14-17H2,1-3H3. The molecular weight excluding hydrogens is 414 g/mol. The zero-order valence-corrected chi connectivity index (χ0v) is 19.2. The first-order valence-corrected chi connectivity index (χ1v) is 11.2. The number of benzene rings is 2. The first kappa shape index (κ1) is 21.0. The lowest BCUT2D eigenvalue weighted by Crippen LogP contribution is -2.39. The summed E-state index contributed by atoms with van der Waals surface area (Å²) in [5.74, 6) is 0.698. The van der Waals surface area contributed by atoms with E-state index in [1.807, 2.05) is 59.9 Å². The minimum Gasteiger partial charge on any atom is -0.314 e. The highest BCUT2D eigenvalue weighted by molar-refractivity contribution is 5.76. The van der Waals surface area contributed by atoms with Crippen LogP contribution >= 0.6 is 0 Å². The molecule has 2 aromatic carbocycles. The molecule has 33 heavy (non-hydrogen) atoms. The Kier molecular flexibility index (Phi) is 5.24. The average molecular weight is 442 g/mol. The van der Waals surface area contributed by atoms with E-state index >= 15 is 0 Å². The van der Waals surface area contributed by atoms with Gasteiger partial charge in [-0.25, -0.2) is 4.79 Å². The summed E-state index contributed by atoms with van der Waals surface area (Å²) in [6, 6.07) is 20.2. The Morgan fingerprint density at radius 2 is 1.30 bits per heavy atom. The van der Waals surface area contributed by atoms with Crippen molar-refractivity contribution >= 4 is 16.9 Å². The van der Waals surface area contributed by atoms with Gasteiger partial charge in [-0.3, -0.25) is 18.3 Å². The summed E-state index contributed by atoms with van der Waals surface area (Å²) in [4.78, 5) is 31.3. The Balaban J connectivity index is 1.62. The van der Waals surface area contributed by atoms with Gasteiger partial charge in [0.1, 0.15) is 0 Å². The molecule has 0 atom stereocenters. The van der Waals surface area contributed by atoms with Crippen LogP contribution in [0, 0.1) is 13.8 Å². The third-order valence-corrected chi connectivity index (χ3v) is 6.56. The molecule has 0 radical (unpaired) electrons. The van der Waals surface area contributed by atoms with E-state index in [4.69, 9.17) is 4.98 Å². The maximum absolute atomic E-state index is 13.5. The summed E-state index contributed by atoms with van der Waals surface area (Å²) in [6.45, 7) is 5.12. The summed E-state index contributed by atoms with van der Waals surface area (Å²) in [6.07, 6.45) is 1.47. The third kappa shape index (κ3) is 3.50. The fourth-order valence-corrected chi connectivity index (χ4v) is 4.55. The van der Waals surface area contributed by atoms with Gasteiger partial charge in [-0.1, -0.05) is 60.7 Å². The number of aromatic nitrogens is 5. The fraction of sp³-hybridized carbons (Fsp3) is 0.269. The average Bonchev–Trinajstić information content (AvgIpc) is 3.33. The quantitative estimate of drug-likeness (QED) is 0.406. The molecule has 7 heteroatoms. The first-order chi connectivity index (χ1) is 16.0. The van der Waals surface area contributed by atoms with Crippen LogP contribution in [0.2, 0.25) is 0 Å². The first-order valence-electron chi connectivity index (χ1n) is 11.2. The minimum atomic E-state index is -0.339. The molecule has 7 nitrogen and oxygen atoms in total. The van der Waals surface area contributed by atoms with E-state index in [1.54, 1.807) is 7.05 Å². The molecule has 0 bridgehead atoms. The lowest BCUT2D eigenvalue weighted by molar-refractivity contribution is 0.602. The molecule has 5 rings (SSSR count). The van der Waals surface area contributed by atoms with Crippen LogP contribution in [-0.2, 0) is 33.0 Å². The van der Waals surface area contributed by atoms with Gasteiger partial charge in [0.25, 0.3) is 5.56 Å². The van der Waals surface area contributed by atoms with Crippen LogP contribution in [0.25, 0.3) is 16.9 Å². The second-order valence-electron chi connectivity index (χ2n) is 8.51. The Morgan fingerprint density at radius 3 is 1.88 bits per heavy atom. The van der Waals surface area contributed by atoms with Gasteiger partial charge in [0, 0.05) is 31.5 Å². The summed E-state index contributed by atoms with van der Waals surface area (Å²) in [7, 11) is 1.69. The number of nitrogens with zero attached hydrogens (tertiary/aromatic N) is 5. The predicted molar refractivity (Wildman–Crippen MR) is 130 cm³/mol. The smallest absolute Gasteiger partial charge is 0.314 e. The van der Waals surface area contributed by atoms with Crippen molar-refractivity contribution < 1.29 is 0 Å². The lowest BCUT2D eigenvalue weighted by Gasteiger charge is -2.09. The van der Waals surface area contributed by atoms with E-state index in [2.05, 4.69) is 23.6 Å². The lowest BCUT2D eigenvalue weighted by atomic mass is 10.1. The minimum absolute atomic E-state index is 0.292. The van der Waals surface area contributed by atoms with Crippen LogP contribution in [0.3, 0.4) is 0 Å². The third-order valence-electron chi connectivity index (χ3n) is 6.56. The van der Waals surface area contributed by atoms with E-state index in [1.165, 1.54) is 14.7 Å².